The highest BCUT2D eigenvalue weighted by Gasteiger charge is 2.17. The van der Waals surface area contributed by atoms with Gasteiger partial charge in [-0.2, -0.15) is 4.52 Å². The Bertz CT molecular complexity index is 1130. The minimum atomic E-state index is -0.170. The van der Waals surface area contributed by atoms with Crippen LogP contribution in [0.4, 0.5) is 0 Å². The zero-order chi connectivity index (χ0) is 18.8. The van der Waals surface area contributed by atoms with Gasteiger partial charge in [-0.15, -0.1) is 15.3 Å². The van der Waals surface area contributed by atoms with E-state index in [0.717, 1.165) is 0 Å². The Hall–Kier alpha value is -3.45. The molecule has 0 N–H and O–H groups in total. The van der Waals surface area contributed by atoms with E-state index in [-0.39, 0.29) is 16.9 Å². The van der Waals surface area contributed by atoms with Crippen molar-refractivity contribution in [2.75, 3.05) is 7.11 Å². The third-order valence-corrected chi connectivity index (χ3v) is 4.12. The molecule has 4 rings (SSSR count). The van der Waals surface area contributed by atoms with E-state index >= 15 is 0 Å². The fourth-order valence-electron chi connectivity index (χ4n) is 2.56. The third kappa shape index (κ3) is 3.32. The molecule has 8 heteroatoms. The number of carbonyl (C=O) groups is 1. The molecular weight excluding hydrogens is 368 g/mol. The van der Waals surface area contributed by atoms with Crippen molar-refractivity contribution in [1.29, 1.82) is 0 Å². The van der Waals surface area contributed by atoms with Crippen LogP contribution in [0.3, 0.4) is 0 Å². The topological polar surface area (TPSA) is 78.6 Å². The number of rotatable bonds is 5. The molecule has 7 nitrogen and oxygen atoms in total. The molecular formula is C19H13ClN4O3. The summed E-state index contributed by atoms with van der Waals surface area (Å²) in [7, 11) is 1.54. The minimum Gasteiger partial charge on any atom is -0.497 e. The van der Waals surface area contributed by atoms with E-state index in [1.165, 1.54) is 4.52 Å². The van der Waals surface area contributed by atoms with Gasteiger partial charge in [0.15, 0.2) is 11.4 Å². The summed E-state index contributed by atoms with van der Waals surface area (Å²) in [4.78, 5) is 12.9. The molecule has 0 saturated carbocycles. The average Bonchev–Trinajstić information content (AvgIpc) is 3.08. The Balaban J connectivity index is 1.75. The molecule has 0 radical (unpaired) electrons. The molecule has 4 aromatic rings. The smallest absolute Gasteiger partial charge is 0.246 e. The molecule has 0 aliphatic rings. The normalized spacial score (nSPS) is 10.7. The highest BCUT2D eigenvalue weighted by Crippen LogP contribution is 2.30. The number of nitrogens with zero attached hydrogens (tertiary/aromatic N) is 4. The predicted octanol–water partition coefficient (Wildman–Crippen LogP) is 3.81. The number of halogens is 1. The van der Waals surface area contributed by atoms with Gasteiger partial charge in [0, 0.05) is 17.7 Å². The molecule has 0 amide bonds. The Morgan fingerprint density at radius 1 is 1.04 bits per heavy atom. The zero-order valence-electron chi connectivity index (χ0n) is 14.2. The number of hydrogen-bond acceptors (Lipinski definition) is 6. The van der Waals surface area contributed by atoms with Crippen molar-refractivity contribution in [2.45, 2.75) is 0 Å². The van der Waals surface area contributed by atoms with Crippen molar-refractivity contribution in [3.05, 3.63) is 77.1 Å². The number of ketones is 1. The third-order valence-electron chi connectivity index (χ3n) is 3.88. The lowest BCUT2D eigenvalue weighted by Crippen LogP contribution is -2.05. The van der Waals surface area contributed by atoms with E-state index < -0.39 is 0 Å². The van der Waals surface area contributed by atoms with Crippen molar-refractivity contribution >= 4 is 23.0 Å². The molecule has 0 saturated heterocycles. The van der Waals surface area contributed by atoms with E-state index in [0.29, 0.717) is 28.3 Å². The van der Waals surface area contributed by atoms with Crippen LogP contribution in [0.25, 0.3) is 5.65 Å². The number of ether oxygens (including phenoxy) is 2. The van der Waals surface area contributed by atoms with Crippen LogP contribution in [0, 0.1) is 0 Å². The fraction of sp³-hybridized carbons (Fsp3) is 0.0526. The Morgan fingerprint density at radius 3 is 2.63 bits per heavy atom. The summed E-state index contributed by atoms with van der Waals surface area (Å²) in [6, 6.07) is 17.2. The van der Waals surface area contributed by atoms with Gasteiger partial charge in [0.2, 0.25) is 11.2 Å². The number of fused-ring (bicyclic) bond motifs is 1. The maximum atomic E-state index is 12.9. The van der Waals surface area contributed by atoms with Gasteiger partial charge >= 0.3 is 0 Å². The Morgan fingerprint density at radius 2 is 1.85 bits per heavy atom. The quantitative estimate of drug-likeness (QED) is 0.490. The first-order valence-corrected chi connectivity index (χ1v) is 8.37. The monoisotopic (exact) mass is 380 g/mol. The van der Waals surface area contributed by atoms with Gasteiger partial charge in [-0.05, 0) is 29.8 Å². The lowest BCUT2D eigenvalue weighted by atomic mass is 10.0. The van der Waals surface area contributed by atoms with Crippen molar-refractivity contribution in [3.63, 3.8) is 0 Å². The first-order valence-electron chi connectivity index (χ1n) is 7.99. The summed E-state index contributed by atoms with van der Waals surface area (Å²) in [5.74, 6) is 0.938. The second-order valence-corrected chi connectivity index (χ2v) is 5.91. The second-order valence-electron chi connectivity index (χ2n) is 5.57. The minimum absolute atomic E-state index is 0.113. The van der Waals surface area contributed by atoms with Crippen LogP contribution in [0.2, 0.25) is 5.28 Å². The van der Waals surface area contributed by atoms with Crippen molar-refractivity contribution in [3.8, 4) is 17.4 Å². The summed E-state index contributed by atoms with van der Waals surface area (Å²) in [5, 5.41) is 12.0. The molecule has 2 aromatic carbocycles. The van der Waals surface area contributed by atoms with Crippen molar-refractivity contribution in [2.24, 2.45) is 0 Å². The standard InChI is InChI=1S/C19H13ClN4O3/c1-26-13-7-8-14(18(25)12-5-3-2-4-6-12)15(11-13)27-17-10-9-16-21-22-19(20)24(16)23-17/h2-11H,1H3. The first kappa shape index (κ1) is 17.0. The molecule has 0 aliphatic carbocycles. The summed E-state index contributed by atoms with van der Waals surface area (Å²) >= 11 is 5.95. The number of hydrogen-bond donors (Lipinski definition) is 0. The van der Waals surface area contributed by atoms with Gasteiger partial charge in [-0.3, -0.25) is 4.79 Å². The van der Waals surface area contributed by atoms with Gasteiger partial charge in [-0.1, -0.05) is 30.3 Å². The average molecular weight is 381 g/mol. The SMILES string of the molecule is COc1ccc(C(=O)c2ccccc2)c(Oc2ccc3nnc(Cl)n3n2)c1. The molecule has 2 heterocycles. The van der Waals surface area contributed by atoms with E-state index in [4.69, 9.17) is 21.1 Å². The van der Waals surface area contributed by atoms with Gasteiger partial charge in [0.1, 0.15) is 11.5 Å². The van der Waals surface area contributed by atoms with E-state index in [9.17, 15) is 4.79 Å². The van der Waals surface area contributed by atoms with Crippen LogP contribution < -0.4 is 9.47 Å². The molecule has 0 unspecified atom stereocenters. The van der Waals surface area contributed by atoms with Gasteiger partial charge in [0.05, 0.1) is 12.7 Å². The highest BCUT2D eigenvalue weighted by molar-refractivity contribution is 6.28. The van der Waals surface area contributed by atoms with Crippen LogP contribution in [0.15, 0.2) is 60.7 Å². The van der Waals surface area contributed by atoms with E-state index in [1.54, 1.807) is 61.7 Å². The molecule has 0 fully saturated rings. The molecule has 0 bridgehead atoms. The molecule has 27 heavy (non-hydrogen) atoms. The molecule has 0 spiro atoms. The summed E-state index contributed by atoms with van der Waals surface area (Å²) in [6.07, 6.45) is 0. The highest BCUT2D eigenvalue weighted by atomic mass is 35.5. The molecule has 134 valence electrons. The van der Waals surface area contributed by atoms with Gasteiger partial charge in [-0.25, -0.2) is 0 Å². The van der Waals surface area contributed by atoms with Crippen LogP contribution in [0.5, 0.6) is 17.4 Å². The number of aromatic nitrogens is 4. The lowest BCUT2D eigenvalue weighted by molar-refractivity contribution is 0.103. The Labute approximate surface area is 159 Å². The van der Waals surface area contributed by atoms with Crippen LogP contribution in [-0.4, -0.2) is 32.7 Å². The zero-order valence-corrected chi connectivity index (χ0v) is 14.9. The largest absolute Gasteiger partial charge is 0.497 e. The second kappa shape index (κ2) is 7.05. The summed E-state index contributed by atoms with van der Waals surface area (Å²) < 4.78 is 12.5. The van der Waals surface area contributed by atoms with E-state index in [1.807, 2.05) is 6.07 Å². The first-order chi connectivity index (χ1) is 13.2. The van der Waals surface area contributed by atoms with Crippen LogP contribution in [-0.2, 0) is 0 Å². The number of carbonyl (C=O) groups excluding carboxylic acids is 1. The Kier molecular flexibility index (Phi) is 4.43. The van der Waals surface area contributed by atoms with Gasteiger partial charge in [0.25, 0.3) is 0 Å². The van der Waals surface area contributed by atoms with Crippen LogP contribution in [0.1, 0.15) is 15.9 Å². The number of methoxy groups -OCH3 is 1. The predicted molar refractivity (Wildman–Crippen MR) is 98.7 cm³/mol. The molecule has 2 aromatic heterocycles. The van der Waals surface area contributed by atoms with Gasteiger partial charge < -0.3 is 9.47 Å². The summed E-state index contributed by atoms with van der Waals surface area (Å²) in [5.41, 5.74) is 1.43. The van der Waals surface area contributed by atoms with Crippen molar-refractivity contribution < 1.29 is 14.3 Å². The molecule has 0 aliphatic heterocycles. The number of benzene rings is 2. The fourth-order valence-corrected chi connectivity index (χ4v) is 2.72. The van der Waals surface area contributed by atoms with E-state index in [2.05, 4.69) is 15.3 Å². The van der Waals surface area contributed by atoms with Crippen LogP contribution >= 0.6 is 11.6 Å². The summed E-state index contributed by atoms with van der Waals surface area (Å²) in [6.45, 7) is 0. The maximum absolute atomic E-state index is 12.9. The lowest BCUT2D eigenvalue weighted by Gasteiger charge is -2.12. The maximum Gasteiger partial charge on any atom is 0.246 e. The molecule has 0 atom stereocenters. The van der Waals surface area contributed by atoms with Crippen molar-refractivity contribution in [1.82, 2.24) is 19.8 Å².